The van der Waals surface area contributed by atoms with E-state index in [1.165, 1.54) is 49.8 Å². The summed E-state index contributed by atoms with van der Waals surface area (Å²) in [5.74, 6) is -0.159. The first-order valence-electron chi connectivity index (χ1n) is 7.68. The van der Waals surface area contributed by atoms with Crippen molar-refractivity contribution in [3.05, 3.63) is 35.6 Å². The quantitative estimate of drug-likeness (QED) is 0.434. The molecule has 0 aliphatic carbocycles. The van der Waals surface area contributed by atoms with Gasteiger partial charge in [0.1, 0.15) is 5.82 Å². The molecule has 0 radical (unpaired) electrons. The molecule has 0 heterocycles. The Morgan fingerprint density at radius 1 is 0.857 bits per heavy atom. The van der Waals surface area contributed by atoms with Gasteiger partial charge in [-0.15, -0.1) is 0 Å². The summed E-state index contributed by atoms with van der Waals surface area (Å²) in [6.07, 6.45) is 8.17. The molecule has 0 atom stereocenters. The van der Waals surface area contributed by atoms with Crippen molar-refractivity contribution in [3.63, 3.8) is 0 Å². The lowest BCUT2D eigenvalue weighted by Crippen LogP contribution is -2.24. The second-order valence-corrected chi connectivity index (χ2v) is 6.98. The molecule has 5 heteroatoms. The number of rotatable bonds is 12. The van der Waals surface area contributed by atoms with Crippen LogP contribution < -0.4 is 0 Å². The maximum Gasteiger partial charge on any atom is 0.483 e. The molecule has 120 valence electrons. The Hall–Kier alpha value is -0.753. The van der Waals surface area contributed by atoms with Crippen molar-refractivity contribution in [3.8, 4) is 0 Å². The Bertz CT molecular complexity index is 355. The Balaban J connectivity index is 1.90. The fraction of sp³-hybridized carbons (Fsp3) is 0.625. The predicted octanol–water partition coefficient (Wildman–Crippen LogP) is 3.74. The first-order chi connectivity index (χ1) is 10.3. The molecule has 0 amide bonds. The molecule has 21 heavy (non-hydrogen) atoms. The Labute approximate surface area is 129 Å². The highest BCUT2D eigenvalue weighted by atomic mass is 28.3. The van der Waals surface area contributed by atoms with Crippen LogP contribution in [0.25, 0.3) is 0 Å². The maximum absolute atomic E-state index is 12.7. The molecule has 0 fully saturated rings. The zero-order valence-electron chi connectivity index (χ0n) is 13.1. The summed E-state index contributed by atoms with van der Waals surface area (Å²) in [7, 11) is 1.43. The van der Waals surface area contributed by atoms with Crippen molar-refractivity contribution in [1.82, 2.24) is 0 Å². The minimum Gasteiger partial charge on any atom is -0.379 e. The third-order valence-electron chi connectivity index (χ3n) is 3.41. The fourth-order valence-corrected chi connectivity index (χ4v) is 3.02. The van der Waals surface area contributed by atoms with Crippen molar-refractivity contribution in [1.29, 1.82) is 0 Å². The minimum absolute atomic E-state index is 0.159. The standard InChI is InChI=1S/C16H27FO3Si/c1-18-21(19-2)20-14-8-6-4-3-5-7-9-15-10-12-16(17)13-11-15/h10-13,21H,3-9,14H2,1-2H3. The fourth-order valence-electron chi connectivity index (χ4n) is 2.20. The van der Waals surface area contributed by atoms with Crippen molar-refractivity contribution in [2.45, 2.75) is 44.9 Å². The van der Waals surface area contributed by atoms with Crippen LogP contribution >= 0.6 is 0 Å². The van der Waals surface area contributed by atoms with Crippen LogP contribution in [-0.2, 0) is 19.7 Å². The van der Waals surface area contributed by atoms with Gasteiger partial charge in [-0.25, -0.2) is 4.39 Å². The van der Waals surface area contributed by atoms with Gasteiger partial charge in [-0.2, -0.15) is 0 Å². The van der Waals surface area contributed by atoms with Gasteiger partial charge in [-0.1, -0.05) is 37.8 Å². The topological polar surface area (TPSA) is 27.7 Å². The SMILES string of the molecule is CO[SiH](OC)OCCCCCCCCc1ccc(F)cc1. The summed E-state index contributed by atoms with van der Waals surface area (Å²) < 4.78 is 28.4. The van der Waals surface area contributed by atoms with Gasteiger partial charge in [0.05, 0.1) is 0 Å². The average molecular weight is 314 g/mol. The molecule has 0 N–H and O–H groups in total. The molecule has 0 spiro atoms. The van der Waals surface area contributed by atoms with Crippen LogP contribution in [0.5, 0.6) is 0 Å². The molecule has 0 unspecified atom stereocenters. The molecule has 0 aliphatic rings. The van der Waals surface area contributed by atoms with Gasteiger partial charge in [0.2, 0.25) is 0 Å². The van der Waals surface area contributed by atoms with E-state index in [9.17, 15) is 4.39 Å². The highest BCUT2D eigenvalue weighted by Crippen LogP contribution is 2.10. The molecule has 0 aliphatic heterocycles. The van der Waals surface area contributed by atoms with Crippen molar-refractivity contribution in [2.75, 3.05) is 20.8 Å². The van der Waals surface area contributed by atoms with Crippen molar-refractivity contribution >= 4 is 9.53 Å². The second kappa shape index (κ2) is 11.9. The molecule has 0 bridgehead atoms. The highest BCUT2D eigenvalue weighted by molar-refractivity contribution is 6.36. The van der Waals surface area contributed by atoms with Gasteiger partial charge < -0.3 is 13.3 Å². The molecular formula is C16H27FO3Si. The zero-order valence-corrected chi connectivity index (χ0v) is 14.3. The number of hydrogen-bond donors (Lipinski definition) is 0. The van der Waals surface area contributed by atoms with Gasteiger partial charge in [-0.3, -0.25) is 0 Å². The summed E-state index contributed by atoms with van der Waals surface area (Å²) in [6.45, 7) is 0.730. The van der Waals surface area contributed by atoms with Crippen molar-refractivity contribution in [2.24, 2.45) is 0 Å². The Morgan fingerprint density at radius 3 is 2.05 bits per heavy atom. The van der Waals surface area contributed by atoms with Crippen LogP contribution in [0, 0.1) is 5.82 Å². The van der Waals surface area contributed by atoms with Gasteiger partial charge in [0.25, 0.3) is 0 Å². The smallest absolute Gasteiger partial charge is 0.379 e. The lowest BCUT2D eigenvalue weighted by atomic mass is 10.1. The lowest BCUT2D eigenvalue weighted by molar-refractivity contribution is 0.133. The summed E-state index contributed by atoms with van der Waals surface area (Å²) in [5.41, 5.74) is 1.22. The van der Waals surface area contributed by atoms with Crippen LogP contribution in [0.3, 0.4) is 0 Å². The number of hydrogen-bond acceptors (Lipinski definition) is 3. The first kappa shape index (κ1) is 18.3. The number of halogens is 1. The van der Waals surface area contributed by atoms with E-state index in [0.29, 0.717) is 0 Å². The van der Waals surface area contributed by atoms with E-state index in [4.69, 9.17) is 13.3 Å². The molecule has 0 saturated heterocycles. The van der Waals surface area contributed by atoms with Crippen molar-refractivity contribution < 1.29 is 17.7 Å². The normalized spacial score (nSPS) is 11.2. The zero-order chi connectivity index (χ0) is 15.3. The van der Waals surface area contributed by atoms with Gasteiger partial charge in [0.15, 0.2) is 0 Å². The molecular weight excluding hydrogens is 287 g/mol. The third kappa shape index (κ3) is 8.98. The summed E-state index contributed by atoms with van der Waals surface area (Å²) in [4.78, 5) is 0. The van der Waals surface area contributed by atoms with Crippen LogP contribution in [-0.4, -0.2) is 30.4 Å². The number of aryl methyl sites for hydroxylation is 1. The van der Waals surface area contributed by atoms with Crippen LogP contribution in [0.1, 0.15) is 44.1 Å². The Kier molecular flexibility index (Phi) is 10.3. The monoisotopic (exact) mass is 314 g/mol. The third-order valence-corrected chi connectivity index (χ3v) is 4.69. The number of unbranched alkanes of at least 4 members (excludes halogenated alkanes) is 5. The minimum atomic E-state index is -1.83. The van der Waals surface area contributed by atoms with Gasteiger partial charge in [-0.05, 0) is 37.0 Å². The highest BCUT2D eigenvalue weighted by Gasteiger charge is 2.09. The lowest BCUT2D eigenvalue weighted by Gasteiger charge is -2.11. The van der Waals surface area contributed by atoms with E-state index in [2.05, 4.69) is 0 Å². The van der Waals surface area contributed by atoms with Crippen LogP contribution in [0.15, 0.2) is 24.3 Å². The first-order valence-corrected chi connectivity index (χ1v) is 9.09. The average Bonchev–Trinajstić information content (AvgIpc) is 2.51. The number of benzene rings is 1. The molecule has 0 aromatic heterocycles. The van der Waals surface area contributed by atoms with Crippen LogP contribution in [0.2, 0.25) is 0 Å². The molecule has 3 nitrogen and oxygen atoms in total. The van der Waals surface area contributed by atoms with Gasteiger partial charge in [0, 0.05) is 20.8 Å². The van der Waals surface area contributed by atoms with E-state index in [1.54, 1.807) is 14.2 Å². The Morgan fingerprint density at radius 2 is 1.43 bits per heavy atom. The maximum atomic E-state index is 12.7. The molecule has 0 saturated carbocycles. The summed E-state index contributed by atoms with van der Waals surface area (Å²) in [6, 6.07) is 6.81. The molecule has 1 rings (SSSR count). The van der Waals surface area contributed by atoms with E-state index < -0.39 is 9.53 Å². The summed E-state index contributed by atoms with van der Waals surface area (Å²) in [5, 5.41) is 0. The summed E-state index contributed by atoms with van der Waals surface area (Å²) >= 11 is 0. The second-order valence-electron chi connectivity index (χ2n) is 5.13. The van der Waals surface area contributed by atoms with E-state index in [1.807, 2.05) is 12.1 Å². The van der Waals surface area contributed by atoms with E-state index in [0.717, 1.165) is 19.4 Å². The largest absolute Gasteiger partial charge is 0.483 e. The van der Waals surface area contributed by atoms with Gasteiger partial charge >= 0.3 is 9.53 Å². The van der Waals surface area contributed by atoms with E-state index >= 15 is 0 Å². The predicted molar refractivity (Wildman–Crippen MR) is 84.9 cm³/mol. The van der Waals surface area contributed by atoms with Crippen LogP contribution in [0.4, 0.5) is 4.39 Å². The molecule has 1 aromatic carbocycles. The molecule has 1 aromatic rings. The van der Waals surface area contributed by atoms with E-state index in [-0.39, 0.29) is 5.82 Å².